The minimum atomic E-state index is -3.32. The minimum Gasteiger partial charge on any atom is -0.399 e. The van der Waals surface area contributed by atoms with Crippen LogP contribution in [0.3, 0.4) is 0 Å². The third-order valence-electron chi connectivity index (χ3n) is 11.4. The summed E-state index contributed by atoms with van der Waals surface area (Å²) in [7, 11) is -6.65. The van der Waals surface area contributed by atoms with Crippen LogP contribution in [0.4, 0.5) is 11.4 Å². The normalized spacial score (nSPS) is 11.9. The summed E-state index contributed by atoms with van der Waals surface area (Å²) < 4.78 is 31.8. The fourth-order valence-electron chi connectivity index (χ4n) is 8.25. The third-order valence-corrected chi connectivity index (χ3v) is 17.4. The van der Waals surface area contributed by atoms with Gasteiger partial charge in [0, 0.05) is 32.6 Å². The fourth-order valence-corrected chi connectivity index (χ4v) is 13.8. The minimum absolute atomic E-state index is 0.142. The van der Waals surface area contributed by atoms with E-state index in [1.165, 1.54) is 11.1 Å². The van der Waals surface area contributed by atoms with Crippen LogP contribution in [-0.2, 0) is 14.5 Å². The highest BCUT2D eigenvalue weighted by molar-refractivity contribution is 7.79. The van der Waals surface area contributed by atoms with Crippen molar-refractivity contribution in [1.82, 2.24) is 0 Å². The lowest BCUT2D eigenvalue weighted by atomic mass is 9.65. The molecule has 8 rings (SSSR count). The number of hydrogen-bond acceptors (Lipinski definition) is 4. The molecule has 0 spiro atoms. The highest BCUT2D eigenvalue weighted by atomic mass is 31.2. The molecule has 0 fully saturated rings. The lowest BCUT2D eigenvalue weighted by Gasteiger charge is -2.38. The molecule has 0 amide bonds. The Labute approximate surface area is 348 Å². The van der Waals surface area contributed by atoms with Crippen LogP contribution in [0, 0.1) is 13.8 Å². The molecular formula is C53H48N2O2P2. The number of rotatable bonds is 13. The number of nitrogen functional groups attached to an aromatic ring is 1. The van der Waals surface area contributed by atoms with Gasteiger partial charge in [0.1, 0.15) is 0 Å². The van der Waals surface area contributed by atoms with Gasteiger partial charge in [-0.25, -0.2) is 0 Å². The van der Waals surface area contributed by atoms with E-state index >= 15 is 9.13 Å². The van der Waals surface area contributed by atoms with Crippen molar-refractivity contribution in [3.63, 3.8) is 0 Å². The smallest absolute Gasteiger partial charge is 0.161 e. The van der Waals surface area contributed by atoms with Crippen LogP contribution in [0.1, 0.15) is 33.4 Å². The summed E-state index contributed by atoms with van der Waals surface area (Å²) in [5, 5.41) is 3.01. The lowest BCUT2D eigenvalue weighted by Crippen LogP contribution is -2.35. The molecule has 0 aliphatic rings. The quantitative estimate of drug-likeness (QED) is 0.0716. The van der Waals surface area contributed by atoms with Gasteiger partial charge in [-0.15, -0.1) is 0 Å². The van der Waals surface area contributed by atoms with Gasteiger partial charge in [0.15, 0.2) is 14.3 Å². The first-order chi connectivity index (χ1) is 28.7. The highest BCUT2D eigenvalue weighted by Gasteiger charge is 2.40. The molecule has 0 aromatic heterocycles. The Morgan fingerprint density at radius 1 is 0.390 bits per heavy atom. The Bertz CT molecular complexity index is 2410. The summed E-state index contributed by atoms with van der Waals surface area (Å²) in [5.41, 5.74) is 13.9. The Kier molecular flexibility index (Phi) is 11.4. The zero-order chi connectivity index (χ0) is 40.9. The largest absolute Gasteiger partial charge is 0.399 e. The molecule has 6 heteroatoms. The third kappa shape index (κ3) is 7.87. The lowest BCUT2D eigenvalue weighted by molar-refractivity contribution is 0.583. The molecule has 0 bridgehead atoms. The summed E-state index contributed by atoms with van der Waals surface area (Å²) in [6.45, 7) is 4.22. The molecule has 2 N–H and O–H groups in total. The fraction of sp³-hybridized carbons (Fsp3) is 0.0943. The number of aryl methyl sites for hydroxylation is 2. The molecule has 0 aliphatic carbocycles. The Morgan fingerprint density at radius 3 is 0.966 bits per heavy atom. The molecule has 0 saturated carbocycles. The van der Waals surface area contributed by atoms with Crippen molar-refractivity contribution < 1.29 is 9.13 Å². The van der Waals surface area contributed by atoms with Crippen molar-refractivity contribution in [2.24, 2.45) is 0 Å². The average molecular weight is 807 g/mol. The second kappa shape index (κ2) is 17.0. The topological polar surface area (TPSA) is 63.4 Å². The van der Waals surface area contributed by atoms with Crippen molar-refractivity contribution in [1.29, 1.82) is 0 Å². The van der Waals surface area contributed by atoms with Crippen molar-refractivity contribution in [2.75, 3.05) is 23.2 Å². The van der Waals surface area contributed by atoms with Gasteiger partial charge in [0.05, 0.1) is 18.0 Å². The highest BCUT2D eigenvalue weighted by Crippen LogP contribution is 2.51. The van der Waals surface area contributed by atoms with E-state index in [0.29, 0.717) is 5.69 Å². The van der Waals surface area contributed by atoms with Gasteiger partial charge in [0.2, 0.25) is 0 Å². The molecule has 292 valence electrons. The summed E-state index contributed by atoms with van der Waals surface area (Å²) in [6, 6.07) is 73.3. The van der Waals surface area contributed by atoms with Gasteiger partial charge < -0.3 is 19.8 Å². The van der Waals surface area contributed by atoms with Crippen LogP contribution in [0.2, 0.25) is 0 Å². The first kappa shape index (κ1) is 39.6. The van der Waals surface area contributed by atoms with Crippen LogP contribution in [0.15, 0.2) is 218 Å². The molecule has 4 nitrogen and oxygen atoms in total. The average Bonchev–Trinajstić information content (AvgIpc) is 3.29. The number of benzene rings is 8. The van der Waals surface area contributed by atoms with Gasteiger partial charge in [-0.2, -0.15) is 0 Å². The molecule has 0 atom stereocenters. The van der Waals surface area contributed by atoms with Crippen molar-refractivity contribution in [2.45, 2.75) is 19.3 Å². The molecule has 0 unspecified atom stereocenters. The number of hydrogen-bond donors (Lipinski definition) is 1. The first-order valence-electron chi connectivity index (χ1n) is 20.0. The van der Waals surface area contributed by atoms with Crippen LogP contribution < -0.4 is 31.9 Å². The molecule has 0 aliphatic heterocycles. The summed E-state index contributed by atoms with van der Waals surface area (Å²) in [4.78, 5) is 2.11. The van der Waals surface area contributed by atoms with E-state index in [0.717, 1.165) is 49.2 Å². The molecule has 0 heterocycles. The Morgan fingerprint density at radius 2 is 0.661 bits per heavy atom. The Balaban J connectivity index is 1.34. The SMILES string of the molecule is Cc1ccc(C(c2ccc(C)cc2)(c2ccc(N)cc2)c2ccc(N(CP(=O)(c3ccccc3)c3ccccc3)CP(=O)(c3ccccc3)c3ccccc3)cc2)cc1. The van der Waals surface area contributed by atoms with E-state index in [1.807, 2.05) is 133 Å². The number of nitrogens with two attached hydrogens (primary N) is 1. The monoisotopic (exact) mass is 806 g/mol. The van der Waals surface area contributed by atoms with Gasteiger partial charge in [-0.3, -0.25) is 0 Å². The van der Waals surface area contributed by atoms with Crippen molar-refractivity contribution >= 4 is 46.9 Å². The molecule has 0 radical (unpaired) electrons. The first-order valence-corrected chi connectivity index (χ1v) is 23.7. The molecule has 8 aromatic carbocycles. The summed E-state index contributed by atoms with van der Waals surface area (Å²) >= 11 is 0. The van der Waals surface area contributed by atoms with Crippen LogP contribution in [0.25, 0.3) is 0 Å². The van der Waals surface area contributed by atoms with E-state index in [9.17, 15) is 0 Å². The molecular weight excluding hydrogens is 759 g/mol. The van der Waals surface area contributed by atoms with E-state index < -0.39 is 19.7 Å². The van der Waals surface area contributed by atoms with Crippen LogP contribution in [-0.4, -0.2) is 12.6 Å². The summed E-state index contributed by atoms with van der Waals surface area (Å²) in [5.74, 6) is 0. The second-order valence-electron chi connectivity index (χ2n) is 15.3. The van der Waals surface area contributed by atoms with Crippen LogP contribution in [0.5, 0.6) is 0 Å². The maximum atomic E-state index is 15.9. The Hall–Kier alpha value is -6.18. The van der Waals surface area contributed by atoms with E-state index in [1.54, 1.807) is 0 Å². The predicted octanol–water partition coefficient (Wildman–Crippen LogP) is 11.0. The predicted molar refractivity (Wildman–Crippen MR) is 250 cm³/mol. The number of nitrogens with zero attached hydrogens (tertiary/aromatic N) is 1. The molecule has 8 aromatic rings. The molecule has 0 saturated heterocycles. The van der Waals surface area contributed by atoms with E-state index in [-0.39, 0.29) is 12.6 Å². The maximum Gasteiger partial charge on any atom is 0.161 e. The van der Waals surface area contributed by atoms with E-state index in [4.69, 9.17) is 5.73 Å². The standard InChI is InChI=1S/C53H48N2O2P2/c1-41-23-27-43(28-24-41)53(44-29-25-42(2)26-30-44,45-31-35-47(54)36-32-45)46-33-37-48(38-34-46)55(39-58(56,49-15-7-3-8-16-49)50-17-9-4-10-18-50)40-59(57,51-19-11-5-12-20-51)52-21-13-6-14-22-52/h3-38H,39-40,54H2,1-2H3. The van der Waals surface area contributed by atoms with E-state index in [2.05, 4.69) is 104 Å². The van der Waals surface area contributed by atoms with Crippen molar-refractivity contribution in [3.05, 3.63) is 252 Å². The van der Waals surface area contributed by atoms with Gasteiger partial charge >= 0.3 is 0 Å². The zero-order valence-corrected chi connectivity index (χ0v) is 35.2. The van der Waals surface area contributed by atoms with Gasteiger partial charge in [-0.05, 0) is 60.4 Å². The number of anilines is 2. The zero-order valence-electron chi connectivity index (χ0n) is 33.4. The van der Waals surface area contributed by atoms with Gasteiger partial charge in [0.25, 0.3) is 0 Å². The van der Waals surface area contributed by atoms with Gasteiger partial charge in [-0.1, -0.05) is 205 Å². The second-order valence-corrected chi connectivity index (χ2v) is 20.9. The molecule has 59 heavy (non-hydrogen) atoms. The van der Waals surface area contributed by atoms with Crippen molar-refractivity contribution in [3.8, 4) is 0 Å². The summed E-state index contributed by atoms with van der Waals surface area (Å²) in [6.07, 6.45) is 0.284. The van der Waals surface area contributed by atoms with Crippen LogP contribution >= 0.6 is 14.3 Å². The maximum absolute atomic E-state index is 15.9.